The van der Waals surface area contributed by atoms with Gasteiger partial charge in [-0.25, -0.2) is 4.79 Å². The largest absolute Gasteiger partial charge is 0.481 e. The number of rotatable bonds is 13. The number of aliphatic carboxylic acids is 2. The van der Waals surface area contributed by atoms with Crippen molar-refractivity contribution in [2.75, 3.05) is 0 Å². The van der Waals surface area contributed by atoms with Crippen molar-refractivity contribution in [1.29, 1.82) is 0 Å². The zero-order valence-corrected chi connectivity index (χ0v) is 12.8. The molecule has 0 heterocycles. The molecular weight excluding hydrogens is 272 g/mol. The fourth-order valence-electron chi connectivity index (χ4n) is 2.14. The second-order valence-corrected chi connectivity index (χ2v) is 5.41. The van der Waals surface area contributed by atoms with Gasteiger partial charge in [-0.15, -0.1) is 0 Å². The third-order valence-corrected chi connectivity index (χ3v) is 3.19. The Kier molecular flexibility index (Phi) is 11.2. The van der Waals surface area contributed by atoms with E-state index in [0.717, 1.165) is 51.0 Å². The summed E-state index contributed by atoms with van der Waals surface area (Å²) >= 11 is 0. The van der Waals surface area contributed by atoms with E-state index in [9.17, 15) is 14.4 Å². The van der Waals surface area contributed by atoms with Gasteiger partial charge >= 0.3 is 11.9 Å². The van der Waals surface area contributed by atoms with Crippen molar-refractivity contribution in [3.63, 3.8) is 0 Å². The first-order valence-corrected chi connectivity index (χ1v) is 7.55. The number of carbonyl (C=O) groups is 3. The van der Waals surface area contributed by atoms with Gasteiger partial charge < -0.3 is 10.2 Å². The second kappa shape index (κ2) is 12.1. The fourth-order valence-corrected chi connectivity index (χ4v) is 2.14. The van der Waals surface area contributed by atoms with Gasteiger partial charge in [0.25, 0.3) is 0 Å². The first-order chi connectivity index (χ1) is 9.91. The van der Waals surface area contributed by atoms with Gasteiger partial charge in [0.05, 0.1) is 0 Å². The van der Waals surface area contributed by atoms with Crippen molar-refractivity contribution in [2.24, 2.45) is 0 Å². The molecule has 0 bridgehead atoms. The van der Waals surface area contributed by atoms with Crippen LogP contribution in [0.2, 0.25) is 0 Å². The molecule has 0 aliphatic rings. The van der Waals surface area contributed by atoms with Gasteiger partial charge in [0, 0.05) is 25.3 Å². The van der Waals surface area contributed by atoms with Crippen molar-refractivity contribution in [1.82, 2.24) is 0 Å². The van der Waals surface area contributed by atoms with Gasteiger partial charge in [-0.3, -0.25) is 9.59 Å². The monoisotopic (exact) mass is 298 g/mol. The SMILES string of the molecule is CC(=CC(=O)O)CC(=O)CCCCCCCCCC(=O)O. The first kappa shape index (κ1) is 19.4. The molecule has 0 saturated heterocycles. The van der Waals surface area contributed by atoms with Crippen molar-refractivity contribution in [2.45, 2.75) is 71.1 Å². The highest BCUT2D eigenvalue weighted by Crippen LogP contribution is 2.11. The summed E-state index contributed by atoms with van der Waals surface area (Å²) in [5, 5.41) is 17.0. The van der Waals surface area contributed by atoms with Crippen molar-refractivity contribution >= 4 is 17.7 Å². The quantitative estimate of drug-likeness (QED) is 0.400. The minimum Gasteiger partial charge on any atom is -0.481 e. The van der Waals surface area contributed by atoms with Crippen LogP contribution in [0.3, 0.4) is 0 Å². The summed E-state index contributed by atoms with van der Waals surface area (Å²) in [5.74, 6) is -1.66. The molecule has 0 radical (unpaired) electrons. The number of carboxylic acid groups (broad SMARTS) is 2. The summed E-state index contributed by atoms with van der Waals surface area (Å²) in [5.41, 5.74) is 0.589. The molecule has 0 fully saturated rings. The highest BCUT2D eigenvalue weighted by atomic mass is 16.4. The lowest BCUT2D eigenvalue weighted by atomic mass is 10.0. The maximum absolute atomic E-state index is 11.6. The van der Waals surface area contributed by atoms with Gasteiger partial charge in [-0.05, 0) is 19.8 Å². The Labute approximate surface area is 126 Å². The predicted molar refractivity (Wildman–Crippen MR) is 80.2 cm³/mol. The molecule has 5 nitrogen and oxygen atoms in total. The smallest absolute Gasteiger partial charge is 0.328 e. The maximum Gasteiger partial charge on any atom is 0.328 e. The lowest BCUT2D eigenvalue weighted by Gasteiger charge is -2.02. The normalized spacial score (nSPS) is 11.4. The van der Waals surface area contributed by atoms with Crippen molar-refractivity contribution in [3.05, 3.63) is 11.6 Å². The van der Waals surface area contributed by atoms with Gasteiger partial charge in [0.2, 0.25) is 0 Å². The molecule has 0 amide bonds. The van der Waals surface area contributed by atoms with Crippen LogP contribution < -0.4 is 0 Å². The third kappa shape index (κ3) is 14.6. The standard InChI is InChI=1S/C16H26O5/c1-13(12-16(20)21)11-14(17)9-7-5-3-2-4-6-8-10-15(18)19/h12H,2-11H2,1H3,(H,18,19)(H,20,21). The van der Waals surface area contributed by atoms with Gasteiger partial charge in [0.1, 0.15) is 5.78 Å². The van der Waals surface area contributed by atoms with Gasteiger partial charge in [-0.1, -0.05) is 37.7 Å². The van der Waals surface area contributed by atoms with E-state index in [-0.39, 0.29) is 18.6 Å². The molecule has 2 N–H and O–H groups in total. The number of hydrogen-bond donors (Lipinski definition) is 2. The Bertz CT molecular complexity index is 371. The number of carbonyl (C=O) groups excluding carboxylic acids is 1. The van der Waals surface area contributed by atoms with Crippen LogP contribution in [0.25, 0.3) is 0 Å². The van der Waals surface area contributed by atoms with Crippen LogP contribution in [0.5, 0.6) is 0 Å². The molecule has 0 saturated carbocycles. The van der Waals surface area contributed by atoms with E-state index in [1.165, 1.54) is 0 Å². The molecule has 0 spiro atoms. The molecule has 21 heavy (non-hydrogen) atoms. The molecular formula is C16H26O5. The molecule has 0 aromatic rings. The Morgan fingerprint density at radius 2 is 1.29 bits per heavy atom. The topological polar surface area (TPSA) is 91.7 Å². The number of allylic oxidation sites excluding steroid dienone is 1. The number of ketones is 1. The third-order valence-electron chi connectivity index (χ3n) is 3.19. The Morgan fingerprint density at radius 1 is 0.810 bits per heavy atom. The van der Waals surface area contributed by atoms with Crippen LogP contribution in [-0.4, -0.2) is 27.9 Å². The minimum atomic E-state index is -1.01. The van der Waals surface area contributed by atoms with Crippen LogP contribution in [0.15, 0.2) is 11.6 Å². The molecule has 120 valence electrons. The number of carboxylic acids is 2. The highest BCUT2D eigenvalue weighted by Gasteiger charge is 2.04. The summed E-state index contributed by atoms with van der Waals surface area (Å²) in [6, 6.07) is 0. The van der Waals surface area contributed by atoms with Crippen LogP contribution in [-0.2, 0) is 14.4 Å². The van der Waals surface area contributed by atoms with Gasteiger partial charge in [0.15, 0.2) is 0 Å². The van der Waals surface area contributed by atoms with E-state index in [4.69, 9.17) is 10.2 Å². The molecule has 0 aromatic carbocycles. The number of hydrogen-bond acceptors (Lipinski definition) is 3. The van der Waals surface area contributed by atoms with E-state index >= 15 is 0 Å². The molecule has 0 aromatic heterocycles. The zero-order valence-electron chi connectivity index (χ0n) is 12.8. The highest BCUT2D eigenvalue weighted by molar-refractivity contribution is 5.85. The summed E-state index contributed by atoms with van der Waals surface area (Å²) in [6.45, 7) is 1.66. The summed E-state index contributed by atoms with van der Waals surface area (Å²) in [4.78, 5) is 32.3. The Hall–Kier alpha value is -1.65. The molecule has 0 aliphatic heterocycles. The molecule has 0 aliphatic carbocycles. The lowest BCUT2D eigenvalue weighted by Crippen LogP contribution is -2.00. The average molecular weight is 298 g/mol. The minimum absolute atomic E-state index is 0.0893. The van der Waals surface area contributed by atoms with Crippen molar-refractivity contribution < 1.29 is 24.6 Å². The summed E-state index contributed by atoms with van der Waals surface area (Å²) in [7, 11) is 0. The summed E-state index contributed by atoms with van der Waals surface area (Å²) in [6.07, 6.45) is 8.75. The number of Topliss-reactive ketones (excluding diaryl/α,β-unsaturated/α-hetero) is 1. The lowest BCUT2D eigenvalue weighted by molar-refractivity contribution is -0.137. The number of unbranched alkanes of at least 4 members (excludes halogenated alkanes) is 6. The van der Waals surface area contributed by atoms with Crippen molar-refractivity contribution in [3.8, 4) is 0 Å². The molecule has 0 unspecified atom stereocenters. The van der Waals surface area contributed by atoms with E-state index in [0.29, 0.717) is 12.0 Å². The predicted octanol–water partition coefficient (Wildman–Crippen LogP) is 3.57. The second-order valence-electron chi connectivity index (χ2n) is 5.41. The first-order valence-electron chi connectivity index (χ1n) is 7.55. The van der Waals surface area contributed by atoms with E-state index in [2.05, 4.69) is 0 Å². The summed E-state index contributed by atoms with van der Waals surface area (Å²) < 4.78 is 0. The maximum atomic E-state index is 11.6. The van der Waals surface area contributed by atoms with Crippen LogP contribution >= 0.6 is 0 Å². The van der Waals surface area contributed by atoms with E-state index in [1.807, 2.05) is 0 Å². The molecule has 5 heteroatoms. The molecule has 0 atom stereocenters. The Balaban J connectivity index is 3.44. The average Bonchev–Trinajstić information content (AvgIpc) is 2.35. The van der Waals surface area contributed by atoms with Gasteiger partial charge in [-0.2, -0.15) is 0 Å². The fraction of sp³-hybridized carbons (Fsp3) is 0.688. The van der Waals surface area contributed by atoms with E-state index in [1.54, 1.807) is 6.92 Å². The zero-order chi connectivity index (χ0) is 16.1. The molecule has 0 rings (SSSR count). The van der Waals surface area contributed by atoms with Crippen LogP contribution in [0, 0.1) is 0 Å². The Morgan fingerprint density at radius 3 is 1.76 bits per heavy atom. The van der Waals surface area contributed by atoms with Crippen LogP contribution in [0.4, 0.5) is 0 Å². The van der Waals surface area contributed by atoms with E-state index < -0.39 is 11.9 Å². The van der Waals surface area contributed by atoms with Crippen LogP contribution in [0.1, 0.15) is 71.1 Å².